The number of benzene rings is 2. The van der Waals surface area contributed by atoms with Gasteiger partial charge in [0, 0.05) is 31.2 Å². The largest absolute Gasteiger partial charge is 0.397 e. The summed E-state index contributed by atoms with van der Waals surface area (Å²) in [6, 6.07) is 10.4. The second-order valence-corrected chi connectivity index (χ2v) is 8.48. The van der Waals surface area contributed by atoms with Gasteiger partial charge in [-0.2, -0.15) is 0 Å². The van der Waals surface area contributed by atoms with Gasteiger partial charge in [0.05, 0.1) is 21.8 Å². The highest BCUT2D eigenvalue weighted by Crippen LogP contribution is 2.24. The highest BCUT2D eigenvalue weighted by atomic mass is 35.5. The molecule has 1 heterocycles. The number of aromatic nitrogens is 1. The lowest BCUT2D eigenvalue weighted by Crippen LogP contribution is -2.31. The smallest absolute Gasteiger partial charge is 0.266 e. The number of rotatable bonds is 4. The minimum Gasteiger partial charge on any atom is -0.397 e. The van der Waals surface area contributed by atoms with E-state index in [0.29, 0.717) is 16.6 Å². The van der Waals surface area contributed by atoms with Crippen molar-refractivity contribution in [1.82, 2.24) is 14.6 Å². The lowest BCUT2D eigenvalue weighted by molar-refractivity contribution is 0.0827. The number of nitrogens with one attached hydrogen (secondary N) is 1. The zero-order valence-electron chi connectivity index (χ0n) is 15.5. The van der Waals surface area contributed by atoms with Crippen LogP contribution in [0.1, 0.15) is 20.7 Å². The maximum atomic E-state index is 12.7. The number of para-hydroxylation sites is 1. The molecule has 8 nitrogen and oxygen atoms in total. The molecule has 0 aliphatic rings. The number of carbonyl (C=O) groups excluding carboxylic acids is 2. The first-order valence-electron chi connectivity index (χ1n) is 8.33. The average Bonchev–Trinajstić information content (AvgIpc) is 2.67. The fourth-order valence-electron chi connectivity index (χ4n) is 2.65. The summed E-state index contributed by atoms with van der Waals surface area (Å²) in [6.07, 6.45) is 1.23. The molecule has 0 aliphatic carbocycles. The molecule has 2 aromatic carbocycles. The van der Waals surface area contributed by atoms with Gasteiger partial charge in [-0.1, -0.05) is 23.7 Å². The maximum Gasteiger partial charge on any atom is 0.266 e. The van der Waals surface area contributed by atoms with Crippen LogP contribution in [0.2, 0.25) is 5.02 Å². The molecule has 3 rings (SSSR count). The number of fused-ring (bicyclic) bond motifs is 1. The highest BCUT2D eigenvalue weighted by molar-refractivity contribution is 7.90. The number of pyridine rings is 1. The quantitative estimate of drug-likeness (QED) is 0.610. The Hall–Kier alpha value is -3.17. The third-order valence-electron chi connectivity index (χ3n) is 4.11. The summed E-state index contributed by atoms with van der Waals surface area (Å²) in [5.74, 6) is -1.29. The number of hydrogen-bond donors (Lipinski definition) is 2. The van der Waals surface area contributed by atoms with Crippen LogP contribution in [0.3, 0.4) is 0 Å². The Morgan fingerprint density at radius 1 is 1.10 bits per heavy atom. The molecule has 3 N–H and O–H groups in total. The summed E-state index contributed by atoms with van der Waals surface area (Å²) < 4.78 is 27.4. The van der Waals surface area contributed by atoms with Crippen molar-refractivity contribution < 1.29 is 18.0 Å². The van der Waals surface area contributed by atoms with E-state index in [1.54, 1.807) is 18.2 Å². The number of amides is 2. The predicted molar refractivity (Wildman–Crippen MR) is 110 cm³/mol. The van der Waals surface area contributed by atoms with E-state index in [9.17, 15) is 18.0 Å². The van der Waals surface area contributed by atoms with Gasteiger partial charge in [-0.15, -0.1) is 0 Å². The molecule has 0 spiro atoms. The van der Waals surface area contributed by atoms with Crippen LogP contribution < -0.4 is 10.5 Å². The second-order valence-electron chi connectivity index (χ2n) is 6.42. The predicted octanol–water partition coefficient (Wildman–Crippen LogP) is 2.29. The molecule has 0 unspecified atom stereocenters. The van der Waals surface area contributed by atoms with Crippen molar-refractivity contribution in [3.05, 3.63) is 64.8 Å². The van der Waals surface area contributed by atoms with Gasteiger partial charge in [0.2, 0.25) is 0 Å². The van der Waals surface area contributed by atoms with E-state index in [2.05, 4.69) is 4.98 Å². The number of nitrogens with zero attached hydrogens (tertiary/aromatic N) is 2. The van der Waals surface area contributed by atoms with Crippen LogP contribution in [0.15, 0.2) is 53.6 Å². The van der Waals surface area contributed by atoms with E-state index in [-0.39, 0.29) is 21.0 Å². The SMILES string of the molecule is CN(C)C(=O)c1ccc(Cl)c(S(=O)(=O)NC(=O)c2cnc3c(N)cccc3c2)c1. The summed E-state index contributed by atoms with van der Waals surface area (Å²) >= 11 is 6.01. The Morgan fingerprint density at radius 2 is 1.83 bits per heavy atom. The zero-order valence-corrected chi connectivity index (χ0v) is 17.1. The monoisotopic (exact) mass is 432 g/mol. The first-order valence-corrected chi connectivity index (χ1v) is 10.2. The molecular weight excluding hydrogens is 416 g/mol. The number of nitrogen functional groups attached to an aromatic ring is 1. The summed E-state index contributed by atoms with van der Waals surface area (Å²) in [6.45, 7) is 0. The van der Waals surface area contributed by atoms with E-state index in [0.717, 1.165) is 6.07 Å². The van der Waals surface area contributed by atoms with Gasteiger partial charge in [-0.3, -0.25) is 14.6 Å². The third kappa shape index (κ3) is 4.15. The van der Waals surface area contributed by atoms with Crippen LogP contribution in [0, 0.1) is 0 Å². The normalized spacial score (nSPS) is 11.3. The first-order chi connectivity index (χ1) is 13.6. The van der Waals surface area contributed by atoms with Gasteiger partial charge >= 0.3 is 0 Å². The van der Waals surface area contributed by atoms with Crippen molar-refractivity contribution in [2.75, 3.05) is 19.8 Å². The lowest BCUT2D eigenvalue weighted by Gasteiger charge is -2.13. The summed E-state index contributed by atoms with van der Waals surface area (Å²) in [7, 11) is -1.27. The molecule has 3 aromatic rings. The van der Waals surface area contributed by atoms with E-state index >= 15 is 0 Å². The van der Waals surface area contributed by atoms with Gasteiger partial charge in [0.15, 0.2) is 0 Å². The lowest BCUT2D eigenvalue weighted by atomic mass is 10.1. The molecule has 0 atom stereocenters. The second kappa shape index (κ2) is 7.69. The minimum atomic E-state index is -4.34. The molecular formula is C19H17ClN4O4S. The maximum absolute atomic E-state index is 12.7. The van der Waals surface area contributed by atoms with E-state index in [1.807, 2.05) is 4.72 Å². The molecule has 0 bridgehead atoms. The summed E-state index contributed by atoms with van der Waals surface area (Å²) in [5.41, 5.74) is 6.93. The van der Waals surface area contributed by atoms with Crippen LogP contribution in [-0.2, 0) is 10.0 Å². The molecule has 10 heteroatoms. The minimum absolute atomic E-state index is 0.0309. The standard InChI is InChI=1S/C19H17ClN4O4S/c1-24(2)19(26)12-6-7-14(20)16(9-12)29(27,28)23-18(25)13-8-11-4-3-5-15(21)17(11)22-10-13/h3-10H,21H2,1-2H3,(H,23,25). The molecule has 150 valence electrons. The van der Waals surface area contributed by atoms with Crippen molar-refractivity contribution in [2.45, 2.75) is 4.90 Å². The van der Waals surface area contributed by atoms with Crippen LogP contribution in [0.4, 0.5) is 5.69 Å². The summed E-state index contributed by atoms with van der Waals surface area (Å²) in [5, 5.41) is 0.469. The Morgan fingerprint density at radius 3 is 2.52 bits per heavy atom. The van der Waals surface area contributed by atoms with Crippen molar-refractivity contribution in [3.8, 4) is 0 Å². The van der Waals surface area contributed by atoms with E-state index in [1.165, 1.54) is 43.4 Å². The number of carbonyl (C=O) groups is 2. The highest BCUT2D eigenvalue weighted by Gasteiger charge is 2.24. The molecule has 0 fully saturated rings. The van der Waals surface area contributed by atoms with Gasteiger partial charge < -0.3 is 10.6 Å². The Bertz CT molecular complexity index is 1240. The zero-order chi connectivity index (χ0) is 21.3. The van der Waals surface area contributed by atoms with Gasteiger partial charge in [-0.25, -0.2) is 13.1 Å². The van der Waals surface area contributed by atoms with Crippen LogP contribution in [0.25, 0.3) is 10.9 Å². The van der Waals surface area contributed by atoms with Crippen molar-refractivity contribution >= 4 is 50.0 Å². The van der Waals surface area contributed by atoms with Crippen molar-refractivity contribution in [1.29, 1.82) is 0 Å². The topological polar surface area (TPSA) is 122 Å². The number of sulfonamides is 1. The Balaban J connectivity index is 1.94. The van der Waals surface area contributed by atoms with Crippen LogP contribution in [-0.4, -0.2) is 44.2 Å². The summed E-state index contributed by atoms with van der Waals surface area (Å²) in [4.78, 5) is 29.7. The molecule has 29 heavy (non-hydrogen) atoms. The van der Waals surface area contributed by atoms with E-state index in [4.69, 9.17) is 17.3 Å². The van der Waals surface area contributed by atoms with Gasteiger partial charge in [0.1, 0.15) is 4.90 Å². The van der Waals surface area contributed by atoms with Crippen LogP contribution >= 0.6 is 11.6 Å². The fourth-order valence-corrected chi connectivity index (χ4v) is 4.15. The number of halogens is 1. The molecule has 0 saturated heterocycles. The number of anilines is 1. The van der Waals surface area contributed by atoms with Crippen molar-refractivity contribution in [2.24, 2.45) is 0 Å². The van der Waals surface area contributed by atoms with E-state index < -0.39 is 21.8 Å². The van der Waals surface area contributed by atoms with Crippen LogP contribution in [0.5, 0.6) is 0 Å². The Kier molecular flexibility index (Phi) is 5.45. The Labute approximate surface area is 172 Å². The third-order valence-corrected chi connectivity index (χ3v) is 5.92. The molecule has 1 aromatic heterocycles. The molecule has 0 aliphatic heterocycles. The molecule has 2 amide bonds. The fraction of sp³-hybridized carbons (Fsp3) is 0.105. The number of hydrogen-bond acceptors (Lipinski definition) is 6. The van der Waals surface area contributed by atoms with Gasteiger partial charge in [0.25, 0.3) is 21.8 Å². The molecule has 0 radical (unpaired) electrons. The van der Waals surface area contributed by atoms with Crippen molar-refractivity contribution in [3.63, 3.8) is 0 Å². The van der Waals surface area contributed by atoms with Gasteiger partial charge in [-0.05, 0) is 30.3 Å². The number of nitrogens with two attached hydrogens (primary N) is 1. The first kappa shape index (κ1) is 20.6. The molecule has 0 saturated carbocycles. The average molecular weight is 433 g/mol.